The molecule has 138 valence electrons. The van der Waals surface area contributed by atoms with E-state index in [2.05, 4.69) is 10.6 Å². The second-order valence-electron chi connectivity index (χ2n) is 6.17. The Balaban J connectivity index is 1.53. The molecule has 2 rings (SSSR count). The monoisotopic (exact) mass is 368 g/mol. The Bertz CT molecular complexity index is 564. The minimum atomic E-state index is -0.351. The van der Waals surface area contributed by atoms with Crippen molar-refractivity contribution in [3.05, 3.63) is 30.1 Å². The van der Waals surface area contributed by atoms with E-state index in [1.165, 1.54) is 48.9 Å². The average molecular weight is 368 g/mol. The van der Waals surface area contributed by atoms with Crippen LogP contribution in [-0.4, -0.2) is 42.6 Å². The van der Waals surface area contributed by atoms with E-state index in [4.69, 9.17) is 4.74 Å². The molecule has 1 aromatic rings. The highest BCUT2D eigenvalue weighted by Crippen LogP contribution is 2.28. The molecule has 0 bridgehead atoms. The van der Waals surface area contributed by atoms with Gasteiger partial charge in [-0.2, -0.15) is 0 Å². The highest BCUT2D eigenvalue weighted by molar-refractivity contribution is 8.01. The maximum absolute atomic E-state index is 12.8. The fraction of sp³-hybridized carbons (Fsp3) is 0.556. The van der Waals surface area contributed by atoms with E-state index in [1.54, 1.807) is 6.92 Å². The molecule has 7 heteroatoms. The second-order valence-corrected chi connectivity index (χ2v) is 7.50. The molecule has 0 radical (unpaired) electrons. The third-order valence-corrected chi connectivity index (χ3v) is 4.92. The first-order chi connectivity index (χ1) is 12.0. The molecule has 0 saturated heterocycles. The van der Waals surface area contributed by atoms with Crippen LogP contribution in [0, 0.1) is 11.7 Å². The van der Waals surface area contributed by atoms with Crippen LogP contribution in [-0.2, 0) is 14.3 Å². The van der Waals surface area contributed by atoms with Crippen LogP contribution in [0.2, 0.25) is 0 Å². The molecule has 0 aliphatic heterocycles. The molecule has 1 aliphatic rings. The molecule has 1 aliphatic carbocycles. The molecular weight excluding hydrogens is 343 g/mol. The van der Waals surface area contributed by atoms with E-state index < -0.39 is 0 Å². The Hall–Kier alpha value is -1.60. The summed E-state index contributed by atoms with van der Waals surface area (Å²) in [4.78, 5) is 23.8. The number of hydrogen-bond acceptors (Lipinski definition) is 4. The van der Waals surface area contributed by atoms with Crippen molar-refractivity contribution >= 4 is 29.3 Å². The number of thioether (sulfide) groups is 1. The predicted octanol–water partition coefficient (Wildman–Crippen LogP) is 2.82. The van der Waals surface area contributed by atoms with Crippen molar-refractivity contribution in [3.63, 3.8) is 0 Å². The highest BCUT2D eigenvalue weighted by atomic mass is 32.2. The number of anilines is 1. The van der Waals surface area contributed by atoms with Crippen LogP contribution in [0.1, 0.15) is 26.2 Å². The maximum atomic E-state index is 12.8. The number of rotatable bonds is 11. The second kappa shape index (κ2) is 10.4. The smallest absolute Gasteiger partial charge is 0.234 e. The maximum Gasteiger partial charge on any atom is 0.234 e. The van der Waals surface area contributed by atoms with E-state index in [0.717, 1.165) is 18.9 Å². The molecule has 1 fully saturated rings. The zero-order valence-electron chi connectivity index (χ0n) is 14.4. The summed E-state index contributed by atoms with van der Waals surface area (Å²) in [5.41, 5.74) is 0.537. The lowest BCUT2D eigenvalue weighted by atomic mass is 10.3. The van der Waals surface area contributed by atoms with Crippen LogP contribution in [0.4, 0.5) is 10.1 Å². The molecule has 1 unspecified atom stereocenters. The fourth-order valence-electron chi connectivity index (χ4n) is 2.07. The van der Waals surface area contributed by atoms with Crippen molar-refractivity contribution in [2.75, 3.05) is 30.8 Å². The molecule has 1 atom stereocenters. The van der Waals surface area contributed by atoms with Gasteiger partial charge >= 0.3 is 0 Å². The van der Waals surface area contributed by atoms with Gasteiger partial charge in [-0.15, -0.1) is 11.8 Å². The molecule has 0 heterocycles. The first-order valence-electron chi connectivity index (χ1n) is 8.57. The van der Waals surface area contributed by atoms with Crippen molar-refractivity contribution in [3.8, 4) is 0 Å². The third-order valence-electron chi connectivity index (χ3n) is 3.78. The van der Waals surface area contributed by atoms with Gasteiger partial charge in [0, 0.05) is 25.4 Å². The standard InChI is InChI=1S/C18H25FN2O3S/c1-13(18(23)20-9-2-10-24-11-14-3-4-14)25-12-17(22)21-16-7-5-15(19)6-8-16/h5-8,13-14H,2-4,9-12H2,1H3,(H,20,23)(H,21,22). The lowest BCUT2D eigenvalue weighted by molar-refractivity contribution is -0.120. The zero-order valence-corrected chi connectivity index (χ0v) is 15.2. The molecule has 25 heavy (non-hydrogen) atoms. The normalized spacial score (nSPS) is 14.8. The van der Waals surface area contributed by atoms with Crippen LogP contribution in [0.25, 0.3) is 0 Å². The zero-order chi connectivity index (χ0) is 18.1. The predicted molar refractivity (Wildman–Crippen MR) is 98.1 cm³/mol. The van der Waals surface area contributed by atoms with Gasteiger partial charge in [-0.1, -0.05) is 0 Å². The first-order valence-corrected chi connectivity index (χ1v) is 9.62. The number of benzene rings is 1. The lowest BCUT2D eigenvalue weighted by Gasteiger charge is -2.12. The summed E-state index contributed by atoms with van der Waals surface area (Å²) >= 11 is 1.27. The Morgan fingerprint density at radius 3 is 2.72 bits per heavy atom. The number of halogens is 1. The van der Waals surface area contributed by atoms with Gasteiger partial charge in [-0.25, -0.2) is 4.39 Å². The Labute approximate surface area is 152 Å². The van der Waals surface area contributed by atoms with E-state index in [1.807, 2.05) is 0 Å². The van der Waals surface area contributed by atoms with Gasteiger partial charge in [0.25, 0.3) is 0 Å². The van der Waals surface area contributed by atoms with Crippen molar-refractivity contribution in [1.29, 1.82) is 0 Å². The average Bonchev–Trinajstić information content (AvgIpc) is 3.42. The van der Waals surface area contributed by atoms with Gasteiger partial charge in [-0.3, -0.25) is 9.59 Å². The van der Waals surface area contributed by atoms with Crippen LogP contribution in [0.5, 0.6) is 0 Å². The molecular formula is C18H25FN2O3S. The van der Waals surface area contributed by atoms with Crippen LogP contribution >= 0.6 is 11.8 Å². The minimum Gasteiger partial charge on any atom is -0.381 e. The lowest BCUT2D eigenvalue weighted by Crippen LogP contribution is -2.33. The molecule has 0 aromatic heterocycles. The number of carbonyl (C=O) groups is 2. The van der Waals surface area contributed by atoms with Gasteiger partial charge in [0.1, 0.15) is 5.82 Å². The van der Waals surface area contributed by atoms with E-state index in [9.17, 15) is 14.0 Å². The summed E-state index contributed by atoms with van der Waals surface area (Å²) in [6.45, 7) is 3.85. The van der Waals surface area contributed by atoms with E-state index >= 15 is 0 Å². The van der Waals surface area contributed by atoms with Crippen LogP contribution < -0.4 is 10.6 Å². The van der Waals surface area contributed by atoms with Gasteiger partial charge in [0.05, 0.1) is 11.0 Å². The summed E-state index contributed by atoms with van der Waals surface area (Å²) in [7, 11) is 0. The minimum absolute atomic E-state index is 0.0817. The molecule has 1 saturated carbocycles. The van der Waals surface area contributed by atoms with Crippen LogP contribution in [0.15, 0.2) is 24.3 Å². The van der Waals surface area contributed by atoms with Gasteiger partial charge in [0.2, 0.25) is 11.8 Å². The fourth-order valence-corrected chi connectivity index (χ4v) is 2.78. The Morgan fingerprint density at radius 1 is 1.32 bits per heavy atom. The van der Waals surface area contributed by atoms with E-state index in [-0.39, 0.29) is 28.6 Å². The van der Waals surface area contributed by atoms with Crippen LogP contribution in [0.3, 0.4) is 0 Å². The topological polar surface area (TPSA) is 67.4 Å². The van der Waals surface area contributed by atoms with Crippen molar-refractivity contribution in [1.82, 2.24) is 5.32 Å². The SMILES string of the molecule is CC(SCC(=O)Nc1ccc(F)cc1)C(=O)NCCCOCC1CC1. The van der Waals surface area contributed by atoms with Gasteiger partial charge in [0.15, 0.2) is 0 Å². The summed E-state index contributed by atoms with van der Waals surface area (Å²) < 4.78 is 18.3. The summed E-state index contributed by atoms with van der Waals surface area (Å²) in [6, 6.07) is 5.57. The quantitative estimate of drug-likeness (QED) is 0.590. The third kappa shape index (κ3) is 8.36. The van der Waals surface area contributed by atoms with Crippen molar-refractivity contribution < 1.29 is 18.7 Å². The molecule has 2 amide bonds. The largest absolute Gasteiger partial charge is 0.381 e. The number of carbonyl (C=O) groups excluding carboxylic acids is 2. The van der Waals surface area contributed by atoms with E-state index in [0.29, 0.717) is 18.8 Å². The molecule has 1 aromatic carbocycles. The highest BCUT2D eigenvalue weighted by Gasteiger charge is 2.21. The molecule has 0 spiro atoms. The summed E-state index contributed by atoms with van der Waals surface area (Å²) in [5.74, 6) is 0.269. The van der Waals surface area contributed by atoms with Gasteiger partial charge < -0.3 is 15.4 Å². The Morgan fingerprint density at radius 2 is 2.04 bits per heavy atom. The molecule has 2 N–H and O–H groups in total. The molecule has 5 nitrogen and oxygen atoms in total. The van der Waals surface area contributed by atoms with Crippen molar-refractivity contribution in [2.24, 2.45) is 5.92 Å². The Kier molecular flexibility index (Phi) is 8.21. The van der Waals surface area contributed by atoms with Gasteiger partial charge in [-0.05, 0) is 56.4 Å². The number of ether oxygens (including phenoxy) is 1. The van der Waals surface area contributed by atoms with Crippen molar-refractivity contribution in [2.45, 2.75) is 31.4 Å². The first kappa shape index (κ1) is 19.7. The summed E-state index contributed by atoms with van der Waals surface area (Å²) in [6.07, 6.45) is 3.35. The number of amides is 2. The summed E-state index contributed by atoms with van der Waals surface area (Å²) in [5, 5.41) is 5.21. The number of hydrogen-bond donors (Lipinski definition) is 2. The number of nitrogens with one attached hydrogen (secondary N) is 2.